The Bertz CT molecular complexity index is 233. The summed E-state index contributed by atoms with van der Waals surface area (Å²) in [6, 6.07) is 0. The fourth-order valence-electron chi connectivity index (χ4n) is 2.32. The summed E-state index contributed by atoms with van der Waals surface area (Å²) in [4.78, 5) is 11.7. The first-order valence-corrected chi connectivity index (χ1v) is 5.99. The van der Waals surface area contributed by atoms with Gasteiger partial charge >= 0.3 is 5.97 Å². The molecule has 0 saturated heterocycles. The van der Waals surface area contributed by atoms with Crippen molar-refractivity contribution in [2.75, 3.05) is 13.7 Å². The Kier molecular flexibility index (Phi) is 4.74. The summed E-state index contributed by atoms with van der Waals surface area (Å²) < 4.78 is 10.1. The Morgan fingerprint density at radius 2 is 2.12 bits per heavy atom. The average molecular weight is 230 g/mol. The van der Waals surface area contributed by atoms with E-state index in [-0.39, 0.29) is 12.1 Å². The molecule has 0 aliphatic heterocycles. The zero-order valence-electron chi connectivity index (χ0n) is 10.4. The lowest BCUT2D eigenvalue weighted by Crippen LogP contribution is -2.55. The number of aliphatic hydroxyl groups is 1. The number of methoxy groups -OCH3 is 1. The standard InChI is InChI=1S/C12H22O4/c1-4-6-10(11(13)16-5-2)12(14)7-9(8-12)15-3/h9-10,14H,4-8H2,1-3H3. The van der Waals surface area contributed by atoms with Gasteiger partial charge in [-0.15, -0.1) is 0 Å². The highest BCUT2D eigenvalue weighted by Gasteiger charge is 2.51. The van der Waals surface area contributed by atoms with Crippen LogP contribution in [0.25, 0.3) is 0 Å². The van der Waals surface area contributed by atoms with E-state index in [9.17, 15) is 9.90 Å². The van der Waals surface area contributed by atoms with E-state index in [1.54, 1.807) is 14.0 Å². The fraction of sp³-hybridized carbons (Fsp3) is 0.917. The SMILES string of the molecule is CCCC(C(=O)OCC)C1(O)CC(OC)C1. The van der Waals surface area contributed by atoms with Crippen molar-refractivity contribution in [3.8, 4) is 0 Å². The van der Waals surface area contributed by atoms with Crippen molar-refractivity contribution in [3.63, 3.8) is 0 Å². The minimum Gasteiger partial charge on any atom is -0.466 e. The van der Waals surface area contributed by atoms with E-state index in [1.807, 2.05) is 6.92 Å². The van der Waals surface area contributed by atoms with E-state index in [4.69, 9.17) is 9.47 Å². The first kappa shape index (κ1) is 13.5. The molecule has 4 heteroatoms. The van der Waals surface area contributed by atoms with Crippen molar-refractivity contribution in [1.82, 2.24) is 0 Å². The molecule has 0 radical (unpaired) electrons. The molecule has 1 atom stereocenters. The van der Waals surface area contributed by atoms with Gasteiger partial charge < -0.3 is 14.6 Å². The maximum atomic E-state index is 11.7. The molecule has 1 fully saturated rings. The van der Waals surface area contributed by atoms with Crippen LogP contribution in [0.1, 0.15) is 39.5 Å². The zero-order valence-corrected chi connectivity index (χ0v) is 10.4. The number of hydrogen-bond acceptors (Lipinski definition) is 4. The van der Waals surface area contributed by atoms with Gasteiger partial charge in [0.05, 0.1) is 24.2 Å². The average Bonchev–Trinajstić information content (AvgIpc) is 2.21. The molecular formula is C12H22O4. The topological polar surface area (TPSA) is 55.8 Å². The third-order valence-corrected chi connectivity index (χ3v) is 3.29. The van der Waals surface area contributed by atoms with E-state index in [2.05, 4.69) is 0 Å². The minimum atomic E-state index is -0.914. The van der Waals surface area contributed by atoms with Crippen molar-refractivity contribution in [3.05, 3.63) is 0 Å². The van der Waals surface area contributed by atoms with Gasteiger partial charge in [0.2, 0.25) is 0 Å². The summed E-state index contributed by atoms with van der Waals surface area (Å²) in [6.45, 7) is 4.15. The number of hydrogen-bond donors (Lipinski definition) is 1. The van der Waals surface area contributed by atoms with Crippen LogP contribution >= 0.6 is 0 Å². The predicted molar refractivity (Wildman–Crippen MR) is 60.0 cm³/mol. The van der Waals surface area contributed by atoms with E-state index in [1.165, 1.54) is 0 Å². The van der Waals surface area contributed by atoms with Crippen molar-refractivity contribution in [1.29, 1.82) is 0 Å². The largest absolute Gasteiger partial charge is 0.466 e. The summed E-state index contributed by atoms with van der Waals surface area (Å²) in [5, 5.41) is 10.3. The molecule has 1 aliphatic carbocycles. The van der Waals surface area contributed by atoms with Crippen LogP contribution in [0.3, 0.4) is 0 Å². The van der Waals surface area contributed by atoms with Gasteiger partial charge in [0, 0.05) is 20.0 Å². The van der Waals surface area contributed by atoms with Crippen LogP contribution in [-0.2, 0) is 14.3 Å². The van der Waals surface area contributed by atoms with Crippen LogP contribution in [0.2, 0.25) is 0 Å². The third-order valence-electron chi connectivity index (χ3n) is 3.29. The number of ether oxygens (including phenoxy) is 2. The Morgan fingerprint density at radius 3 is 2.56 bits per heavy atom. The van der Waals surface area contributed by atoms with Crippen LogP contribution in [-0.4, -0.2) is 36.5 Å². The van der Waals surface area contributed by atoms with Crippen molar-refractivity contribution >= 4 is 5.97 Å². The van der Waals surface area contributed by atoms with Gasteiger partial charge in [0.25, 0.3) is 0 Å². The molecule has 4 nitrogen and oxygen atoms in total. The van der Waals surface area contributed by atoms with Gasteiger partial charge in [0.1, 0.15) is 0 Å². The van der Waals surface area contributed by atoms with Crippen LogP contribution in [0, 0.1) is 5.92 Å². The smallest absolute Gasteiger partial charge is 0.311 e. The van der Waals surface area contributed by atoms with Gasteiger partial charge in [-0.05, 0) is 13.3 Å². The quantitative estimate of drug-likeness (QED) is 0.703. The first-order valence-electron chi connectivity index (χ1n) is 5.99. The molecule has 94 valence electrons. The van der Waals surface area contributed by atoms with Crippen LogP contribution in [0.4, 0.5) is 0 Å². The molecule has 0 aromatic rings. The Labute approximate surface area is 96.9 Å². The first-order chi connectivity index (χ1) is 7.57. The van der Waals surface area contributed by atoms with Gasteiger partial charge in [-0.3, -0.25) is 4.79 Å². The lowest BCUT2D eigenvalue weighted by atomic mass is 9.68. The van der Waals surface area contributed by atoms with Gasteiger partial charge in [0.15, 0.2) is 0 Å². The predicted octanol–water partition coefficient (Wildman–Crippen LogP) is 1.51. The number of carbonyl (C=O) groups excluding carboxylic acids is 1. The summed E-state index contributed by atoms with van der Waals surface area (Å²) >= 11 is 0. The maximum Gasteiger partial charge on any atom is 0.311 e. The second-order valence-corrected chi connectivity index (χ2v) is 4.46. The molecule has 16 heavy (non-hydrogen) atoms. The molecule has 1 aliphatic rings. The van der Waals surface area contributed by atoms with Crippen molar-refractivity contribution in [2.45, 2.75) is 51.2 Å². The highest BCUT2D eigenvalue weighted by molar-refractivity contribution is 5.74. The normalized spacial score (nSPS) is 30.6. The molecule has 0 aromatic carbocycles. The second kappa shape index (κ2) is 5.64. The van der Waals surface area contributed by atoms with Crippen molar-refractivity contribution in [2.24, 2.45) is 5.92 Å². The maximum absolute atomic E-state index is 11.7. The molecule has 0 amide bonds. The monoisotopic (exact) mass is 230 g/mol. The van der Waals surface area contributed by atoms with E-state index < -0.39 is 11.5 Å². The lowest BCUT2D eigenvalue weighted by Gasteiger charge is -2.46. The van der Waals surface area contributed by atoms with E-state index >= 15 is 0 Å². The molecule has 1 saturated carbocycles. The number of rotatable bonds is 6. The Balaban J connectivity index is 2.60. The van der Waals surface area contributed by atoms with E-state index in [0.29, 0.717) is 25.9 Å². The molecule has 0 heterocycles. The minimum absolute atomic E-state index is 0.0822. The fourth-order valence-corrected chi connectivity index (χ4v) is 2.32. The lowest BCUT2D eigenvalue weighted by molar-refractivity contribution is -0.186. The number of esters is 1. The molecule has 1 N–H and O–H groups in total. The second-order valence-electron chi connectivity index (χ2n) is 4.46. The third kappa shape index (κ3) is 2.74. The zero-order chi connectivity index (χ0) is 12.2. The summed E-state index contributed by atoms with van der Waals surface area (Å²) in [5.41, 5.74) is -0.914. The van der Waals surface area contributed by atoms with Gasteiger partial charge in [-0.1, -0.05) is 13.3 Å². The summed E-state index contributed by atoms with van der Waals surface area (Å²) in [7, 11) is 1.63. The molecule has 0 aromatic heterocycles. The molecule has 1 unspecified atom stereocenters. The summed E-state index contributed by atoms with van der Waals surface area (Å²) in [5.74, 6) is -0.676. The van der Waals surface area contributed by atoms with E-state index in [0.717, 1.165) is 6.42 Å². The van der Waals surface area contributed by atoms with Crippen LogP contribution in [0.15, 0.2) is 0 Å². The molecular weight excluding hydrogens is 208 g/mol. The van der Waals surface area contributed by atoms with Crippen LogP contribution < -0.4 is 0 Å². The van der Waals surface area contributed by atoms with Gasteiger partial charge in [-0.2, -0.15) is 0 Å². The molecule has 0 bridgehead atoms. The van der Waals surface area contributed by atoms with Crippen LogP contribution in [0.5, 0.6) is 0 Å². The molecule has 1 rings (SSSR count). The highest BCUT2D eigenvalue weighted by atomic mass is 16.5. The molecule has 0 spiro atoms. The number of carbonyl (C=O) groups is 1. The van der Waals surface area contributed by atoms with Gasteiger partial charge in [-0.25, -0.2) is 0 Å². The Morgan fingerprint density at radius 1 is 1.50 bits per heavy atom. The highest BCUT2D eigenvalue weighted by Crippen LogP contribution is 2.42. The van der Waals surface area contributed by atoms with Crippen molar-refractivity contribution < 1.29 is 19.4 Å². The summed E-state index contributed by atoms with van der Waals surface area (Å²) in [6.07, 6.45) is 2.69. The Hall–Kier alpha value is -0.610.